The van der Waals surface area contributed by atoms with Gasteiger partial charge >= 0.3 is 0 Å². The molecule has 1 saturated carbocycles. The molecule has 0 aromatic rings. The second-order valence-corrected chi connectivity index (χ2v) is 7.75. The van der Waals surface area contributed by atoms with Gasteiger partial charge in [0.05, 0.1) is 6.54 Å². The van der Waals surface area contributed by atoms with Crippen molar-refractivity contribution in [3.05, 3.63) is 0 Å². The molecule has 2 aliphatic rings. The lowest BCUT2D eigenvalue weighted by atomic mass is 9.80. The van der Waals surface area contributed by atoms with Gasteiger partial charge in [0.15, 0.2) is 5.17 Å². The fourth-order valence-corrected chi connectivity index (χ4v) is 4.95. The van der Waals surface area contributed by atoms with E-state index in [1.165, 1.54) is 37.3 Å². The van der Waals surface area contributed by atoms with E-state index in [0.717, 1.165) is 29.5 Å². The van der Waals surface area contributed by atoms with Crippen molar-refractivity contribution >= 4 is 16.9 Å². The van der Waals surface area contributed by atoms with Crippen molar-refractivity contribution in [3.8, 4) is 0 Å². The third-order valence-corrected chi connectivity index (χ3v) is 6.30. The monoisotopic (exact) mass is 282 g/mol. The van der Waals surface area contributed by atoms with Crippen LogP contribution in [0, 0.1) is 17.8 Å². The van der Waals surface area contributed by atoms with E-state index >= 15 is 0 Å². The van der Waals surface area contributed by atoms with Crippen molar-refractivity contribution in [2.24, 2.45) is 22.7 Å². The Bertz CT molecular complexity index is 312. The zero-order chi connectivity index (χ0) is 13.8. The predicted molar refractivity (Wildman–Crippen MR) is 86.9 cm³/mol. The summed E-state index contributed by atoms with van der Waals surface area (Å²) < 4.78 is 0. The number of aliphatic imine (C=N–C) groups is 1. The van der Waals surface area contributed by atoms with Gasteiger partial charge in [0.2, 0.25) is 0 Å². The van der Waals surface area contributed by atoms with Gasteiger partial charge in [-0.25, -0.2) is 0 Å². The van der Waals surface area contributed by atoms with E-state index in [0.29, 0.717) is 6.04 Å². The van der Waals surface area contributed by atoms with Crippen molar-refractivity contribution in [2.45, 2.75) is 71.1 Å². The smallest absolute Gasteiger partial charge is 0.157 e. The summed E-state index contributed by atoms with van der Waals surface area (Å²) in [7, 11) is 0. The van der Waals surface area contributed by atoms with E-state index in [9.17, 15) is 0 Å². The lowest BCUT2D eigenvalue weighted by Gasteiger charge is -2.33. The van der Waals surface area contributed by atoms with Crippen LogP contribution in [0.3, 0.4) is 0 Å². The van der Waals surface area contributed by atoms with Gasteiger partial charge < -0.3 is 5.32 Å². The maximum Gasteiger partial charge on any atom is 0.157 e. The van der Waals surface area contributed by atoms with E-state index in [1.54, 1.807) is 0 Å². The molecule has 19 heavy (non-hydrogen) atoms. The van der Waals surface area contributed by atoms with Crippen LogP contribution < -0.4 is 5.32 Å². The van der Waals surface area contributed by atoms with Crippen molar-refractivity contribution in [2.75, 3.05) is 6.54 Å². The molecule has 0 radical (unpaired) electrons. The molecule has 1 fully saturated rings. The maximum absolute atomic E-state index is 4.75. The van der Waals surface area contributed by atoms with E-state index in [1.807, 2.05) is 11.8 Å². The molecule has 4 unspecified atom stereocenters. The Labute approximate surface area is 123 Å². The highest BCUT2D eigenvalue weighted by atomic mass is 32.2. The molecule has 0 bridgehead atoms. The summed E-state index contributed by atoms with van der Waals surface area (Å²) in [6, 6.07) is 0.655. The summed E-state index contributed by atoms with van der Waals surface area (Å²) in [6.45, 7) is 10.4. The average molecular weight is 282 g/mol. The Balaban J connectivity index is 1.81. The number of nitrogens with zero attached hydrogens (tertiary/aromatic N) is 1. The molecule has 110 valence electrons. The van der Waals surface area contributed by atoms with Gasteiger partial charge in [-0.15, -0.1) is 0 Å². The minimum absolute atomic E-state index is 0.655. The minimum Gasteiger partial charge on any atom is -0.362 e. The fraction of sp³-hybridized carbons (Fsp3) is 0.938. The Kier molecular flexibility index (Phi) is 5.61. The molecule has 0 spiro atoms. The number of rotatable bonds is 4. The molecule has 3 heteroatoms. The normalized spacial score (nSPS) is 35.5. The molecule has 1 aliphatic heterocycles. The van der Waals surface area contributed by atoms with Crippen LogP contribution >= 0.6 is 11.8 Å². The third-order valence-electron chi connectivity index (χ3n) is 4.99. The standard InChI is InChI=1S/C16H30N2S/c1-5-13(6-2)15-10-17-16(19-15)18-14-8-7-11(3)9-12(14)4/h11-15H,5-10H2,1-4H3,(H,17,18). The largest absolute Gasteiger partial charge is 0.362 e. The molecule has 1 aliphatic carbocycles. The van der Waals surface area contributed by atoms with Crippen molar-refractivity contribution in [3.63, 3.8) is 0 Å². The quantitative estimate of drug-likeness (QED) is 0.831. The van der Waals surface area contributed by atoms with Crippen LogP contribution in [0.25, 0.3) is 0 Å². The van der Waals surface area contributed by atoms with Crippen LogP contribution in [0.4, 0.5) is 0 Å². The lowest BCUT2D eigenvalue weighted by molar-refractivity contribution is 0.248. The van der Waals surface area contributed by atoms with E-state index in [4.69, 9.17) is 4.99 Å². The van der Waals surface area contributed by atoms with Crippen LogP contribution in [0.1, 0.15) is 59.8 Å². The zero-order valence-electron chi connectivity index (χ0n) is 13.0. The van der Waals surface area contributed by atoms with Gasteiger partial charge in [0, 0.05) is 11.3 Å². The number of thioether (sulfide) groups is 1. The van der Waals surface area contributed by atoms with Crippen molar-refractivity contribution in [1.82, 2.24) is 5.32 Å². The number of amidine groups is 1. The van der Waals surface area contributed by atoms with Gasteiger partial charge in [-0.1, -0.05) is 52.3 Å². The molecule has 0 aromatic carbocycles. The highest BCUT2D eigenvalue weighted by Gasteiger charge is 2.30. The van der Waals surface area contributed by atoms with Gasteiger partial charge in [0.1, 0.15) is 0 Å². The minimum atomic E-state index is 0.655. The summed E-state index contributed by atoms with van der Waals surface area (Å²) >= 11 is 2.00. The Morgan fingerprint density at radius 1 is 1.26 bits per heavy atom. The molecule has 1 heterocycles. The van der Waals surface area contributed by atoms with Crippen LogP contribution in [0.15, 0.2) is 4.99 Å². The van der Waals surface area contributed by atoms with Crippen LogP contribution in [0.5, 0.6) is 0 Å². The van der Waals surface area contributed by atoms with Gasteiger partial charge in [0.25, 0.3) is 0 Å². The Morgan fingerprint density at radius 2 is 2.00 bits per heavy atom. The third kappa shape index (κ3) is 3.90. The first-order valence-electron chi connectivity index (χ1n) is 8.11. The molecule has 0 aromatic heterocycles. The molecular weight excluding hydrogens is 252 g/mol. The lowest BCUT2D eigenvalue weighted by Crippen LogP contribution is -2.41. The Hall–Kier alpha value is -0.180. The van der Waals surface area contributed by atoms with Gasteiger partial charge in [-0.3, -0.25) is 4.99 Å². The molecule has 1 N–H and O–H groups in total. The van der Waals surface area contributed by atoms with E-state index in [2.05, 4.69) is 33.0 Å². The van der Waals surface area contributed by atoms with E-state index < -0.39 is 0 Å². The highest BCUT2D eigenvalue weighted by molar-refractivity contribution is 8.14. The summed E-state index contributed by atoms with van der Waals surface area (Å²) in [6.07, 6.45) is 6.63. The van der Waals surface area contributed by atoms with Crippen molar-refractivity contribution < 1.29 is 0 Å². The van der Waals surface area contributed by atoms with Crippen LogP contribution in [0.2, 0.25) is 0 Å². The van der Waals surface area contributed by atoms with E-state index in [-0.39, 0.29) is 0 Å². The number of hydrogen-bond acceptors (Lipinski definition) is 3. The zero-order valence-corrected chi connectivity index (χ0v) is 13.8. The summed E-state index contributed by atoms with van der Waals surface area (Å²) in [5.41, 5.74) is 0. The molecule has 4 atom stereocenters. The number of nitrogens with one attached hydrogen (secondary N) is 1. The second-order valence-electron chi connectivity index (χ2n) is 6.53. The van der Waals surface area contributed by atoms with Crippen LogP contribution in [-0.2, 0) is 0 Å². The molecular formula is C16H30N2S. The summed E-state index contributed by atoms with van der Waals surface area (Å²) in [4.78, 5) is 4.75. The highest BCUT2D eigenvalue weighted by Crippen LogP contribution is 2.33. The SMILES string of the molecule is CCC(CC)C1CN=C(NC2CCC(C)CC2C)S1. The first-order valence-corrected chi connectivity index (χ1v) is 8.99. The molecule has 2 rings (SSSR count). The molecule has 2 nitrogen and oxygen atoms in total. The van der Waals surface area contributed by atoms with Gasteiger partial charge in [-0.2, -0.15) is 0 Å². The molecule has 0 amide bonds. The maximum atomic E-state index is 4.75. The van der Waals surface area contributed by atoms with Gasteiger partial charge in [-0.05, 0) is 37.0 Å². The first kappa shape index (κ1) is 15.2. The summed E-state index contributed by atoms with van der Waals surface area (Å²) in [5.74, 6) is 2.53. The fourth-order valence-electron chi connectivity index (χ4n) is 3.57. The second kappa shape index (κ2) is 7.01. The molecule has 0 saturated heterocycles. The van der Waals surface area contributed by atoms with Crippen molar-refractivity contribution in [1.29, 1.82) is 0 Å². The summed E-state index contributed by atoms with van der Waals surface area (Å²) in [5, 5.41) is 5.68. The average Bonchev–Trinajstić information content (AvgIpc) is 2.83. The number of hydrogen-bond donors (Lipinski definition) is 1. The Morgan fingerprint density at radius 3 is 2.63 bits per heavy atom. The predicted octanol–water partition coefficient (Wildman–Crippen LogP) is 4.31. The first-order chi connectivity index (χ1) is 9.13. The van der Waals surface area contributed by atoms with Crippen LogP contribution in [-0.4, -0.2) is 23.0 Å². The topological polar surface area (TPSA) is 24.4 Å².